The van der Waals surface area contributed by atoms with Gasteiger partial charge in [-0.05, 0) is 52.2 Å². The summed E-state index contributed by atoms with van der Waals surface area (Å²) < 4.78 is 40.6. The van der Waals surface area contributed by atoms with Gasteiger partial charge in [0.25, 0.3) is 0 Å². The molecule has 0 spiro atoms. The molecule has 0 unspecified atom stereocenters. The molecule has 0 radical (unpaired) electrons. The molecule has 0 saturated carbocycles. The summed E-state index contributed by atoms with van der Waals surface area (Å²) in [5, 5.41) is 0. The van der Waals surface area contributed by atoms with Gasteiger partial charge in [-0.1, -0.05) is 24.3 Å². The highest BCUT2D eigenvalue weighted by atomic mass is 19.4. The predicted octanol–water partition coefficient (Wildman–Crippen LogP) is 4.98. The summed E-state index contributed by atoms with van der Waals surface area (Å²) in [7, 11) is 0. The minimum atomic E-state index is -4.51. The third kappa shape index (κ3) is 7.73. The smallest absolute Gasteiger partial charge is 0.422 e. The maximum atomic E-state index is 12.1. The lowest BCUT2D eigenvalue weighted by Gasteiger charge is -2.24. The first kappa shape index (κ1) is 19.5. The zero-order valence-corrected chi connectivity index (χ0v) is 13.2. The average Bonchev–Trinajstić information content (AvgIpc) is 2.30. The highest BCUT2D eigenvalue weighted by Gasteiger charge is 2.35. The minimum Gasteiger partial charge on any atom is -0.456 e. The van der Waals surface area contributed by atoms with E-state index in [1.54, 1.807) is 26.8 Å². The monoisotopic (exact) mass is 304 g/mol. The van der Waals surface area contributed by atoms with Gasteiger partial charge in [0.1, 0.15) is 0 Å². The molecule has 0 N–H and O–H groups in total. The van der Waals surface area contributed by atoms with Gasteiger partial charge in [0.05, 0.1) is 5.41 Å². The lowest BCUT2D eigenvalue weighted by molar-refractivity contribution is -0.192. The molecule has 0 saturated heterocycles. The molecule has 5 heteroatoms. The lowest BCUT2D eigenvalue weighted by Crippen LogP contribution is -2.31. The van der Waals surface area contributed by atoms with Crippen LogP contribution >= 0.6 is 0 Å². The second-order valence-corrected chi connectivity index (χ2v) is 5.81. The summed E-state index contributed by atoms with van der Waals surface area (Å²) in [4.78, 5) is 11.8. The molecule has 0 amide bonds. The van der Waals surface area contributed by atoms with Crippen molar-refractivity contribution in [3.63, 3.8) is 0 Å². The molecule has 0 aliphatic heterocycles. The quantitative estimate of drug-likeness (QED) is 0.511. The molecule has 0 fully saturated rings. The van der Waals surface area contributed by atoms with E-state index in [0.29, 0.717) is 0 Å². The summed E-state index contributed by atoms with van der Waals surface area (Å²) in [6.07, 6.45) is -0.573. The van der Waals surface area contributed by atoms with E-state index in [1.807, 2.05) is 19.9 Å². The third-order valence-electron chi connectivity index (χ3n) is 2.78. The van der Waals surface area contributed by atoms with Crippen molar-refractivity contribution in [2.45, 2.75) is 47.2 Å². The Labute approximate surface area is 124 Å². The molecule has 0 aromatic carbocycles. The first-order chi connectivity index (χ1) is 9.39. The Morgan fingerprint density at radius 2 is 1.76 bits per heavy atom. The van der Waals surface area contributed by atoms with E-state index in [2.05, 4.69) is 11.3 Å². The fourth-order valence-corrected chi connectivity index (χ4v) is 1.73. The summed E-state index contributed by atoms with van der Waals surface area (Å²) in [6.45, 7) is 11.1. The number of rotatable bonds is 6. The van der Waals surface area contributed by atoms with Crippen molar-refractivity contribution in [2.24, 2.45) is 5.41 Å². The molecule has 2 nitrogen and oxygen atoms in total. The van der Waals surface area contributed by atoms with Crippen LogP contribution in [0.2, 0.25) is 0 Å². The summed E-state index contributed by atoms with van der Waals surface area (Å²) >= 11 is 0. The molecular formula is C16H23F3O2. The Balaban J connectivity index is 4.89. The van der Waals surface area contributed by atoms with Crippen molar-refractivity contribution in [1.29, 1.82) is 0 Å². The van der Waals surface area contributed by atoms with Crippen LogP contribution in [0.25, 0.3) is 0 Å². The molecular weight excluding hydrogens is 281 g/mol. The first-order valence-corrected chi connectivity index (χ1v) is 6.62. The molecule has 0 aromatic rings. The standard InChI is InChI=1S/C16H23F3O2/c1-7-13(12(4)8-11(2)3)9-15(5,6)14(20)21-10-16(17,18)19/h7-8H,4,9-10H2,1-3,5-6H3/b13-7+. The van der Waals surface area contributed by atoms with Gasteiger partial charge in [-0.3, -0.25) is 4.79 Å². The highest BCUT2D eigenvalue weighted by molar-refractivity contribution is 5.76. The number of esters is 1. The fraction of sp³-hybridized carbons (Fsp3) is 0.562. The predicted molar refractivity (Wildman–Crippen MR) is 77.7 cm³/mol. The lowest BCUT2D eigenvalue weighted by atomic mass is 9.83. The molecule has 120 valence electrons. The molecule has 0 aliphatic carbocycles. The Bertz CT molecular complexity index is 451. The molecule has 0 atom stereocenters. The fourth-order valence-electron chi connectivity index (χ4n) is 1.73. The number of allylic oxidation sites excluding steroid dienone is 5. The second kappa shape index (κ2) is 7.48. The van der Waals surface area contributed by atoms with Crippen LogP contribution < -0.4 is 0 Å². The van der Waals surface area contributed by atoms with Crippen molar-refractivity contribution in [3.05, 3.63) is 35.5 Å². The van der Waals surface area contributed by atoms with Crippen LogP contribution in [-0.2, 0) is 9.53 Å². The number of halogens is 3. The van der Waals surface area contributed by atoms with E-state index >= 15 is 0 Å². The van der Waals surface area contributed by atoms with E-state index in [1.165, 1.54) is 0 Å². The van der Waals surface area contributed by atoms with Crippen LogP contribution in [0, 0.1) is 5.41 Å². The Hall–Kier alpha value is -1.52. The molecule has 0 rings (SSSR count). The zero-order valence-electron chi connectivity index (χ0n) is 13.2. The van der Waals surface area contributed by atoms with E-state index < -0.39 is 24.2 Å². The van der Waals surface area contributed by atoms with Gasteiger partial charge in [-0.25, -0.2) is 0 Å². The molecule has 21 heavy (non-hydrogen) atoms. The SMILES string of the molecule is C=C(C=C(C)C)/C(=C/C)CC(C)(C)C(=O)OCC(F)(F)F. The molecule has 0 aromatic heterocycles. The van der Waals surface area contributed by atoms with Gasteiger partial charge < -0.3 is 4.74 Å². The number of ether oxygens (including phenoxy) is 1. The Morgan fingerprint density at radius 3 is 2.14 bits per heavy atom. The van der Waals surface area contributed by atoms with Gasteiger partial charge in [0.15, 0.2) is 6.61 Å². The summed E-state index contributed by atoms with van der Waals surface area (Å²) in [6, 6.07) is 0. The van der Waals surface area contributed by atoms with Crippen molar-refractivity contribution >= 4 is 5.97 Å². The van der Waals surface area contributed by atoms with Crippen molar-refractivity contribution < 1.29 is 22.7 Å². The van der Waals surface area contributed by atoms with Crippen LogP contribution in [0.5, 0.6) is 0 Å². The first-order valence-electron chi connectivity index (χ1n) is 6.62. The van der Waals surface area contributed by atoms with Crippen molar-refractivity contribution in [1.82, 2.24) is 0 Å². The van der Waals surface area contributed by atoms with Crippen LogP contribution in [0.15, 0.2) is 35.5 Å². The maximum absolute atomic E-state index is 12.1. The van der Waals surface area contributed by atoms with Gasteiger partial charge in [0, 0.05) is 0 Å². The summed E-state index contributed by atoms with van der Waals surface area (Å²) in [5.41, 5.74) is 1.56. The van der Waals surface area contributed by atoms with Gasteiger partial charge in [-0.2, -0.15) is 13.2 Å². The van der Waals surface area contributed by atoms with Crippen LogP contribution in [0.1, 0.15) is 41.0 Å². The van der Waals surface area contributed by atoms with Crippen molar-refractivity contribution in [3.8, 4) is 0 Å². The number of carbonyl (C=O) groups excluding carboxylic acids is 1. The van der Waals surface area contributed by atoms with Crippen LogP contribution in [0.3, 0.4) is 0 Å². The Morgan fingerprint density at radius 1 is 1.24 bits per heavy atom. The van der Waals surface area contributed by atoms with Crippen LogP contribution in [0.4, 0.5) is 13.2 Å². The van der Waals surface area contributed by atoms with E-state index in [0.717, 1.165) is 16.7 Å². The van der Waals surface area contributed by atoms with Gasteiger partial charge in [0.2, 0.25) is 0 Å². The van der Waals surface area contributed by atoms with Gasteiger partial charge in [-0.15, -0.1) is 0 Å². The largest absolute Gasteiger partial charge is 0.456 e. The number of hydrogen-bond donors (Lipinski definition) is 0. The Kier molecular flexibility index (Phi) is 6.94. The minimum absolute atomic E-state index is 0.267. The second-order valence-electron chi connectivity index (χ2n) is 5.81. The topological polar surface area (TPSA) is 26.3 Å². The third-order valence-corrected chi connectivity index (χ3v) is 2.78. The number of alkyl halides is 3. The van der Waals surface area contributed by atoms with Crippen LogP contribution in [-0.4, -0.2) is 18.8 Å². The number of hydrogen-bond acceptors (Lipinski definition) is 2. The number of carbonyl (C=O) groups is 1. The maximum Gasteiger partial charge on any atom is 0.422 e. The average molecular weight is 304 g/mol. The molecule has 0 aliphatic rings. The van der Waals surface area contributed by atoms with E-state index in [9.17, 15) is 18.0 Å². The molecule has 0 heterocycles. The van der Waals surface area contributed by atoms with E-state index in [-0.39, 0.29) is 6.42 Å². The van der Waals surface area contributed by atoms with Gasteiger partial charge >= 0.3 is 12.1 Å². The highest BCUT2D eigenvalue weighted by Crippen LogP contribution is 2.31. The zero-order chi connectivity index (χ0) is 16.8. The molecule has 0 bridgehead atoms. The normalized spacial score (nSPS) is 12.9. The van der Waals surface area contributed by atoms with Crippen molar-refractivity contribution in [2.75, 3.05) is 6.61 Å². The van der Waals surface area contributed by atoms with E-state index in [4.69, 9.17) is 0 Å². The summed E-state index contributed by atoms with van der Waals surface area (Å²) in [5.74, 6) is -0.871.